The first kappa shape index (κ1) is 13.8. The van der Waals surface area contributed by atoms with Crippen molar-refractivity contribution in [2.24, 2.45) is 0 Å². The number of nitrogens with zero attached hydrogens (tertiary/aromatic N) is 2. The van der Waals surface area contributed by atoms with Crippen LogP contribution in [-0.2, 0) is 0 Å². The first-order valence-electron chi connectivity index (χ1n) is 6.30. The summed E-state index contributed by atoms with van der Waals surface area (Å²) in [5, 5.41) is 15.4. The summed E-state index contributed by atoms with van der Waals surface area (Å²) in [5.41, 5.74) is 2.22. The number of carbonyl (C=O) groups is 1. The fraction of sp³-hybridized carbons (Fsp3) is 0.267. The molecule has 0 bridgehead atoms. The van der Waals surface area contributed by atoms with E-state index in [1.165, 1.54) is 0 Å². The number of nitriles is 1. The van der Waals surface area contributed by atoms with E-state index in [1.54, 1.807) is 31.2 Å². The van der Waals surface area contributed by atoms with Gasteiger partial charge >= 0.3 is 0 Å². The van der Waals surface area contributed by atoms with Crippen molar-refractivity contribution < 1.29 is 9.32 Å². The van der Waals surface area contributed by atoms with Crippen LogP contribution < -0.4 is 5.32 Å². The zero-order chi connectivity index (χ0) is 14.7. The number of carbonyl (C=O) groups excluding carboxylic acids is 1. The maximum absolute atomic E-state index is 12.3. The Labute approximate surface area is 117 Å². The Morgan fingerprint density at radius 1 is 1.35 bits per heavy atom. The lowest BCUT2D eigenvalue weighted by atomic mass is 10.0. The van der Waals surface area contributed by atoms with Crippen molar-refractivity contribution in [1.29, 1.82) is 5.26 Å². The van der Waals surface area contributed by atoms with E-state index >= 15 is 0 Å². The summed E-state index contributed by atoms with van der Waals surface area (Å²) in [6.45, 7) is 5.62. The van der Waals surface area contributed by atoms with E-state index in [0.717, 1.165) is 0 Å². The van der Waals surface area contributed by atoms with Crippen LogP contribution in [-0.4, -0.2) is 11.1 Å². The highest BCUT2D eigenvalue weighted by atomic mass is 16.5. The van der Waals surface area contributed by atoms with Crippen molar-refractivity contribution in [2.45, 2.75) is 26.7 Å². The van der Waals surface area contributed by atoms with Gasteiger partial charge in [0, 0.05) is 11.6 Å². The molecule has 0 spiro atoms. The Morgan fingerprint density at radius 2 is 2.00 bits per heavy atom. The Morgan fingerprint density at radius 3 is 2.55 bits per heavy atom. The van der Waals surface area contributed by atoms with Crippen molar-refractivity contribution in [3.63, 3.8) is 0 Å². The summed E-state index contributed by atoms with van der Waals surface area (Å²) in [7, 11) is 0. The van der Waals surface area contributed by atoms with Crippen LogP contribution in [0.4, 0.5) is 5.69 Å². The van der Waals surface area contributed by atoms with Crippen molar-refractivity contribution in [1.82, 2.24) is 5.16 Å². The van der Waals surface area contributed by atoms with Crippen LogP contribution in [0.1, 0.15) is 47.1 Å². The molecule has 1 amide bonds. The van der Waals surface area contributed by atoms with Crippen LogP contribution in [0.25, 0.3) is 0 Å². The van der Waals surface area contributed by atoms with E-state index in [9.17, 15) is 4.79 Å². The maximum atomic E-state index is 12.3. The molecule has 0 aliphatic carbocycles. The normalized spacial score (nSPS) is 10.3. The van der Waals surface area contributed by atoms with Crippen molar-refractivity contribution in [3.8, 4) is 6.07 Å². The van der Waals surface area contributed by atoms with Crippen LogP contribution in [0.2, 0.25) is 0 Å². The van der Waals surface area contributed by atoms with E-state index in [1.807, 2.05) is 19.9 Å². The summed E-state index contributed by atoms with van der Waals surface area (Å²) in [6, 6.07) is 8.71. The molecule has 0 aliphatic rings. The summed E-state index contributed by atoms with van der Waals surface area (Å²) in [5.74, 6) is 0.406. The number of benzene rings is 1. The molecule has 0 fully saturated rings. The number of aromatic nitrogens is 1. The fourth-order valence-corrected chi connectivity index (χ4v) is 1.88. The van der Waals surface area contributed by atoms with Gasteiger partial charge in [-0.3, -0.25) is 4.79 Å². The second-order valence-corrected chi connectivity index (χ2v) is 4.81. The lowest BCUT2D eigenvalue weighted by molar-refractivity contribution is 0.102. The molecule has 1 aromatic heterocycles. The molecule has 5 heteroatoms. The molecule has 0 atom stereocenters. The number of aryl methyl sites for hydroxylation is 1. The van der Waals surface area contributed by atoms with Gasteiger partial charge in [-0.2, -0.15) is 5.26 Å². The summed E-state index contributed by atoms with van der Waals surface area (Å²) < 4.78 is 5.20. The summed E-state index contributed by atoms with van der Waals surface area (Å²) in [4.78, 5) is 12.3. The molecule has 0 radical (unpaired) electrons. The second kappa shape index (κ2) is 5.57. The van der Waals surface area contributed by atoms with Crippen LogP contribution in [0.3, 0.4) is 0 Å². The Kier molecular flexibility index (Phi) is 3.85. The van der Waals surface area contributed by atoms with Gasteiger partial charge < -0.3 is 9.84 Å². The molecule has 2 rings (SSSR count). The summed E-state index contributed by atoms with van der Waals surface area (Å²) >= 11 is 0. The third-order valence-corrected chi connectivity index (χ3v) is 2.91. The molecule has 20 heavy (non-hydrogen) atoms. The number of amides is 1. The zero-order valence-electron chi connectivity index (χ0n) is 11.6. The van der Waals surface area contributed by atoms with Gasteiger partial charge in [0.1, 0.15) is 5.56 Å². The minimum atomic E-state index is -0.253. The highest BCUT2D eigenvalue weighted by Gasteiger charge is 2.22. The van der Waals surface area contributed by atoms with E-state index < -0.39 is 0 Å². The van der Waals surface area contributed by atoms with Gasteiger partial charge in [0.15, 0.2) is 5.76 Å². The average Bonchev–Trinajstić information content (AvgIpc) is 2.81. The quantitative estimate of drug-likeness (QED) is 0.927. The minimum absolute atomic E-state index is 0.0814. The lowest BCUT2D eigenvalue weighted by Gasteiger charge is -2.07. The monoisotopic (exact) mass is 269 g/mol. The molecule has 0 saturated carbocycles. The van der Waals surface area contributed by atoms with Crippen LogP contribution in [0.15, 0.2) is 28.8 Å². The van der Waals surface area contributed by atoms with Gasteiger partial charge in [-0.25, -0.2) is 0 Å². The lowest BCUT2D eigenvalue weighted by Crippen LogP contribution is -2.14. The van der Waals surface area contributed by atoms with Gasteiger partial charge in [0.05, 0.1) is 17.3 Å². The van der Waals surface area contributed by atoms with Gasteiger partial charge in [-0.05, 0) is 31.2 Å². The smallest absolute Gasteiger partial charge is 0.261 e. The van der Waals surface area contributed by atoms with E-state index in [0.29, 0.717) is 28.3 Å². The van der Waals surface area contributed by atoms with Crippen LogP contribution in [0.5, 0.6) is 0 Å². The largest absolute Gasteiger partial charge is 0.360 e. The highest BCUT2D eigenvalue weighted by molar-refractivity contribution is 6.05. The predicted molar refractivity (Wildman–Crippen MR) is 74.4 cm³/mol. The van der Waals surface area contributed by atoms with Crippen LogP contribution >= 0.6 is 0 Å². The number of hydrogen-bond donors (Lipinski definition) is 1. The Balaban J connectivity index is 2.24. The van der Waals surface area contributed by atoms with Gasteiger partial charge in [0.2, 0.25) is 0 Å². The molecule has 0 aliphatic heterocycles. The van der Waals surface area contributed by atoms with Gasteiger partial charge in [-0.1, -0.05) is 19.0 Å². The first-order valence-corrected chi connectivity index (χ1v) is 6.30. The standard InChI is InChI=1S/C15H15N3O2/c1-9(2)14-13(10(3)18-20-14)15(19)17-12-6-4-11(8-16)5-7-12/h4-7,9H,1-3H3,(H,17,19). The predicted octanol–water partition coefficient (Wildman–Crippen LogP) is 3.23. The molecular weight excluding hydrogens is 254 g/mol. The topological polar surface area (TPSA) is 78.9 Å². The Bertz CT molecular complexity index is 663. The minimum Gasteiger partial charge on any atom is -0.360 e. The maximum Gasteiger partial charge on any atom is 0.261 e. The SMILES string of the molecule is Cc1noc(C(C)C)c1C(=O)Nc1ccc(C#N)cc1. The van der Waals surface area contributed by atoms with Gasteiger partial charge in [-0.15, -0.1) is 0 Å². The molecule has 1 aromatic carbocycles. The molecular formula is C15H15N3O2. The van der Waals surface area contributed by atoms with E-state index in [2.05, 4.69) is 10.5 Å². The van der Waals surface area contributed by atoms with E-state index in [-0.39, 0.29) is 11.8 Å². The zero-order valence-corrected chi connectivity index (χ0v) is 11.6. The number of anilines is 1. The van der Waals surface area contributed by atoms with Crippen LogP contribution in [0, 0.1) is 18.3 Å². The van der Waals surface area contributed by atoms with Crippen molar-refractivity contribution in [2.75, 3.05) is 5.32 Å². The molecule has 1 N–H and O–H groups in total. The molecule has 1 heterocycles. The number of nitrogens with one attached hydrogen (secondary N) is 1. The molecule has 0 unspecified atom stereocenters. The van der Waals surface area contributed by atoms with Gasteiger partial charge in [0.25, 0.3) is 5.91 Å². The summed E-state index contributed by atoms with van der Waals surface area (Å²) in [6.07, 6.45) is 0. The number of hydrogen-bond acceptors (Lipinski definition) is 4. The van der Waals surface area contributed by atoms with Crippen molar-refractivity contribution in [3.05, 3.63) is 46.8 Å². The second-order valence-electron chi connectivity index (χ2n) is 4.81. The molecule has 5 nitrogen and oxygen atoms in total. The third-order valence-electron chi connectivity index (χ3n) is 2.91. The number of rotatable bonds is 3. The molecule has 0 saturated heterocycles. The van der Waals surface area contributed by atoms with E-state index in [4.69, 9.17) is 9.78 Å². The third kappa shape index (κ3) is 2.69. The fourth-order valence-electron chi connectivity index (χ4n) is 1.88. The Hall–Kier alpha value is -2.61. The van der Waals surface area contributed by atoms with Crippen molar-refractivity contribution >= 4 is 11.6 Å². The average molecular weight is 269 g/mol. The molecule has 2 aromatic rings. The first-order chi connectivity index (χ1) is 9.52. The highest BCUT2D eigenvalue weighted by Crippen LogP contribution is 2.23. The molecule has 102 valence electrons.